The van der Waals surface area contributed by atoms with E-state index in [-0.39, 0.29) is 17.7 Å². The van der Waals surface area contributed by atoms with E-state index in [4.69, 9.17) is 9.57 Å². The molecule has 1 rings (SSSR count). The molecule has 6 heteroatoms. The van der Waals surface area contributed by atoms with Crippen LogP contribution in [0.4, 0.5) is 0 Å². The predicted molar refractivity (Wildman–Crippen MR) is 81.8 cm³/mol. The number of nitrogens with zero attached hydrogens (tertiary/aromatic N) is 1. The molecule has 0 amide bonds. The zero-order chi connectivity index (χ0) is 17.2. The Kier molecular flexibility index (Phi) is 5.62. The van der Waals surface area contributed by atoms with Gasteiger partial charge >= 0.3 is 11.9 Å². The number of hydrogen-bond donors (Lipinski definition) is 1. The molecule has 0 aromatic heterocycles. The summed E-state index contributed by atoms with van der Waals surface area (Å²) >= 11 is 0. The fraction of sp³-hybridized carbons (Fsp3) is 0.875. The first kappa shape index (κ1) is 18.9. The molecule has 22 heavy (non-hydrogen) atoms. The van der Waals surface area contributed by atoms with Crippen LogP contribution in [0.1, 0.15) is 67.2 Å². The number of esters is 1. The van der Waals surface area contributed by atoms with Crippen molar-refractivity contribution in [1.82, 2.24) is 5.06 Å². The third-order valence-electron chi connectivity index (χ3n) is 4.07. The summed E-state index contributed by atoms with van der Waals surface area (Å²) in [5.41, 5.74) is -2.45. The van der Waals surface area contributed by atoms with Crippen molar-refractivity contribution in [2.45, 2.75) is 83.9 Å². The van der Waals surface area contributed by atoms with Crippen LogP contribution in [0, 0.1) is 0 Å². The molecular weight excluding hydrogens is 286 g/mol. The smallest absolute Gasteiger partial charge is 0.338 e. The Morgan fingerprint density at radius 3 is 2.14 bits per heavy atom. The Balaban J connectivity index is 2.76. The lowest BCUT2D eigenvalue weighted by Gasteiger charge is -2.50. The zero-order valence-corrected chi connectivity index (χ0v) is 14.6. The van der Waals surface area contributed by atoms with Crippen LogP contribution in [0.5, 0.6) is 0 Å². The molecule has 0 saturated carbocycles. The number of piperidine rings is 1. The molecule has 1 saturated heterocycles. The van der Waals surface area contributed by atoms with Crippen molar-refractivity contribution < 1.29 is 24.3 Å². The highest BCUT2D eigenvalue weighted by molar-refractivity contribution is 5.85. The summed E-state index contributed by atoms with van der Waals surface area (Å²) in [6, 6.07) is 0. The van der Waals surface area contributed by atoms with Crippen molar-refractivity contribution in [1.29, 1.82) is 0 Å². The van der Waals surface area contributed by atoms with E-state index < -0.39 is 24.0 Å². The molecule has 1 heterocycles. The number of carbonyl (C=O) groups excluding carboxylic acids is 2. The van der Waals surface area contributed by atoms with Gasteiger partial charge in [-0.25, -0.2) is 4.79 Å². The standard InChI is InChI=1S/C16H29NO5/c1-7-21-13(19)16(6,20)11-12(18)22-17-14(2,3)9-8-10-15(17,4)5/h20H,7-11H2,1-6H3. The molecule has 1 aliphatic rings. The topological polar surface area (TPSA) is 76.1 Å². The summed E-state index contributed by atoms with van der Waals surface area (Å²) in [7, 11) is 0. The Bertz CT molecular complexity index is 412. The summed E-state index contributed by atoms with van der Waals surface area (Å²) in [6.07, 6.45) is 2.46. The SMILES string of the molecule is CCOC(=O)C(C)(O)CC(=O)ON1C(C)(C)CCCC1(C)C. The number of hydroxylamine groups is 2. The minimum Gasteiger partial charge on any atom is -0.464 e. The molecule has 1 fully saturated rings. The van der Waals surface area contributed by atoms with Gasteiger partial charge in [0.15, 0.2) is 5.60 Å². The summed E-state index contributed by atoms with van der Waals surface area (Å²) in [5, 5.41) is 11.8. The van der Waals surface area contributed by atoms with Crippen LogP contribution in [-0.4, -0.2) is 45.4 Å². The largest absolute Gasteiger partial charge is 0.464 e. The van der Waals surface area contributed by atoms with Crippen molar-refractivity contribution in [3.05, 3.63) is 0 Å². The van der Waals surface area contributed by atoms with Crippen molar-refractivity contribution in [2.75, 3.05) is 6.61 Å². The number of hydrogen-bond acceptors (Lipinski definition) is 6. The third kappa shape index (κ3) is 4.43. The van der Waals surface area contributed by atoms with Gasteiger partial charge in [-0.1, -0.05) is 0 Å². The van der Waals surface area contributed by atoms with Crippen molar-refractivity contribution in [2.24, 2.45) is 0 Å². The number of aliphatic hydroxyl groups is 1. The van der Waals surface area contributed by atoms with Gasteiger partial charge in [-0.05, 0) is 60.8 Å². The third-order valence-corrected chi connectivity index (χ3v) is 4.07. The Labute approximate surface area is 132 Å². The molecule has 0 radical (unpaired) electrons. The number of ether oxygens (including phenoxy) is 1. The number of rotatable bonds is 5. The highest BCUT2D eigenvalue weighted by atomic mass is 16.7. The van der Waals surface area contributed by atoms with E-state index in [1.807, 2.05) is 27.7 Å². The van der Waals surface area contributed by atoms with Gasteiger partial charge in [0.05, 0.1) is 24.1 Å². The van der Waals surface area contributed by atoms with Crippen LogP contribution in [0.3, 0.4) is 0 Å². The fourth-order valence-electron chi connectivity index (χ4n) is 3.00. The lowest BCUT2D eigenvalue weighted by Crippen LogP contribution is -2.59. The average Bonchev–Trinajstić information content (AvgIpc) is 2.33. The fourth-order valence-corrected chi connectivity index (χ4v) is 3.00. The van der Waals surface area contributed by atoms with Gasteiger partial charge in [0.25, 0.3) is 0 Å². The van der Waals surface area contributed by atoms with Crippen LogP contribution in [-0.2, 0) is 19.2 Å². The predicted octanol–water partition coefficient (Wildman–Crippen LogP) is 2.19. The normalized spacial score (nSPS) is 23.4. The van der Waals surface area contributed by atoms with E-state index in [1.54, 1.807) is 12.0 Å². The van der Waals surface area contributed by atoms with Gasteiger partial charge < -0.3 is 14.7 Å². The van der Waals surface area contributed by atoms with Crippen molar-refractivity contribution >= 4 is 11.9 Å². The second-order valence-corrected chi connectivity index (χ2v) is 7.41. The summed E-state index contributed by atoms with van der Waals surface area (Å²) < 4.78 is 4.77. The summed E-state index contributed by atoms with van der Waals surface area (Å²) in [5.74, 6) is -1.45. The molecule has 0 aromatic rings. The minimum atomic E-state index is -1.88. The van der Waals surface area contributed by atoms with E-state index in [0.29, 0.717) is 0 Å². The molecule has 1 atom stereocenters. The maximum atomic E-state index is 12.2. The second kappa shape index (κ2) is 6.54. The summed E-state index contributed by atoms with van der Waals surface area (Å²) in [4.78, 5) is 29.3. The highest BCUT2D eigenvalue weighted by Gasteiger charge is 2.45. The molecule has 0 aromatic carbocycles. The van der Waals surface area contributed by atoms with Gasteiger partial charge in [0.2, 0.25) is 0 Å². The van der Waals surface area contributed by atoms with E-state index in [2.05, 4.69) is 0 Å². The van der Waals surface area contributed by atoms with Gasteiger partial charge in [-0.3, -0.25) is 4.79 Å². The van der Waals surface area contributed by atoms with Crippen LogP contribution in [0.25, 0.3) is 0 Å². The lowest BCUT2D eigenvalue weighted by atomic mass is 9.82. The van der Waals surface area contributed by atoms with Gasteiger partial charge in [0.1, 0.15) is 0 Å². The highest BCUT2D eigenvalue weighted by Crippen LogP contribution is 2.38. The zero-order valence-electron chi connectivity index (χ0n) is 14.6. The van der Waals surface area contributed by atoms with Crippen LogP contribution in [0.2, 0.25) is 0 Å². The van der Waals surface area contributed by atoms with Gasteiger partial charge in [-0.15, -0.1) is 5.06 Å². The molecule has 1 unspecified atom stereocenters. The molecule has 0 bridgehead atoms. The molecule has 0 spiro atoms. The van der Waals surface area contributed by atoms with E-state index in [1.165, 1.54) is 6.92 Å². The average molecular weight is 315 g/mol. The van der Waals surface area contributed by atoms with E-state index in [0.717, 1.165) is 19.3 Å². The molecule has 1 N–H and O–H groups in total. The van der Waals surface area contributed by atoms with Crippen molar-refractivity contribution in [3.63, 3.8) is 0 Å². The lowest BCUT2D eigenvalue weighted by molar-refractivity contribution is -0.267. The minimum absolute atomic E-state index is 0.149. The van der Waals surface area contributed by atoms with Gasteiger partial charge in [-0.2, -0.15) is 0 Å². The van der Waals surface area contributed by atoms with Crippen LogP contribution >= 0.6 is 0 Å². The van der Waals surface area contributed by atoms with Crippen LogP contribution < -0.4 is 0 Å². The monoisotopic (exact) mass is 315 g/mol. The van der Waals surface area contributed by atoms with Gasteiger partial charge in [0, 0.05) is 0 Å². The Morgan fingerprint density at radius 2 is 1.68 bits per heavy atom. The molecule has 1 aliphatic heterocycles. The van der Waals surface area contributed by atoms with E-state index >= 15 is 0 Å². The Hall–Kier alpha value is -1.14. The molecular formula is C16H29NO5. The maximum Gasteiger partial charge on any atom is 0.338 e. The molecule has 128 valence electrons. The molecule has 0 aliphatic carbocycles. The van der Waals surface area contributed by atoms with Crippen molar-refractivity contribution in [3.8, 4) is 0 Å². The second-order valence-electron chi connectivity index (χ2n) is 7.41. The Morgan fingerprint density at radius 1 is 1.18 bits per heavy atom. The van der Waals surface area contributed by atoms with Crippen LogP contribution in [0.15, 0.2) is 0 Å². The molecule has 6 nitrogen and oxygen atoms in total. The van der Waals surface area contributed by atoms with E-state index in [9.17, 15) is 14.7 Å². The first-order valence-electron chi connectivity index (χ1n) is 7.83. The first-order chi connectivity index (χ1) is 9.92. The first-order valence-corrected chi connectivity index (χ1v) is 7.83. The summed E-state index contributed by atoms with van der Waals surface area (Å²) in [6.45, 7) is 11.1. The maximum absolute atomic E-state index is 12.2. The quantitative estimate of drug-likeness (QED) is 0.784. The number of carbonyl (C=O) groups is 2.